The van der Waals surface area contributed by atoms with Gasteiger partial charge in [0.15, 0.2) is 0 Å². The first kappa shape index (κ1) is 6.62. The van der Waals surface area contributed by atoms with Crippen molar-refractivity contribution in [3.05, 3.63) is 11.8 Å². The van der Waals surface area contributed by atoms with Crippen molar-refractivity contribution in [2.45, 2.75) is 6.92 Å². The normalized spacial score (nSPS) is 21.1. The second-order valence-corrected chi connectivity index (χ2v) is 2.51. The van der Waals surface area contributed by atoms with Gasteiger partial charge in [0, 0.05) is 19.8 Å². The molecule has 0 radical (unpaired) electrons. The molecule has 0 aromatic carbocycles. The van der Waals surface area contributed by atoms with E-state index >= 15 is 0 Å². The van der Waals surface area contributed by atoms with E-state index in [2.05, 4.69) is 25.1 Å². The molecule has 2 heteroatoms. The van der Waals surface area contributed by atoms with Crippen molar-refractivity contribution in [1.82, 2.24) is 4.90 Å². The highest BCUT2D eigenvalue weighted by atomic mass is 16.5. The molecule has 0 atom stereocenters. The summed E-state index contributed by atoms with van der Waals surface area (Å²) in [5.41, 5.74) is 1.30. The molecule has 52 valence electrons. The van der Waals surface area contributed by atoms with Gasteiger partial charge in [-0.1, -0.05) is 0 Å². The highest BCUT2D eigenvalue weighted by Crippen LogP contribution is 2.00. The molecule has 2 nitrogen and oxygen atoms in total. The summed E-state index contributed by atoms with van der Waals surface area (Å²) < 4.78 is 5.27. The van der Waals surface area contributed by atoms with Crippen molar-refractivity contribution in [2.75, 3.05) is 26.8 Å². The van der Waals surface area contributed by atoms with Crippen LogP contribution in [0.3, 0.4) is 0 Å². The van der Waals surface area contributed by atoms with Gasteiger partial charge in [0.1, 0.15) is 0 Å². The van der Waals surface area contributed by atoms with Crippen LogP contribution in [0.25, 0.3) is 0 Å². The van der Waals surface area contributed by atoms with E-state index in [9.17, 15) is 0 Å². The van der Waals surface area contributed by atoms with E-state index in [1.165, 1.54) is 5.57 Å². The maximum atomic E-state index is 5.27. The standard InChI is InChI=1S/C7H13NO/c1-7-5-8(2)3-4-9-6-7/h5H,3-4,6H2,1-2H3. The van der Waals surface area contributed by atoms with Crippen LogP contribution in [0.5, 0.6) is 0 Å². The number of likely N-dealkylation sites (N-methyl/N-ethyl adjacent to an activating group) is 1. The first-order valence-electron chi connectivity index (χ1n) is 3.24. The second kappa shape index (κ2) is 2.87. The lowest BCUT2D eigenvalue weighted by Gasteiger charge is -2.09. The number of nitrogens with zero attached hydrogens (tertiary/aromatic N) is 1. The Bertz CT molecular complexity index is 120. The highest BCUT2D eigenvalue weighted by Gasteiger charge is 1.99. The Morgan fingerprint density at radius 2 is 2.44 bits per heavy atom. The van der Waals surface area contributed by atoms with Gasteiger partial charge in [0.2, 0.25) is 0 Å². The number of ether oxygens (including phenoxy) is 1. The van der Waals surface area contributed by atoms with Crippen molar-refractivity contribution < 1.29 is 4.74 Å². The summed E-state index contributed by atoms with van der Waals surface area (Å²) >= 11 is 0. The minimum absolute atomic E-state index is 0.796. The molecule has 0 N–H and O–H groups in total. The summed E-state index contributed by atoms with van der Waals surface area (Å²) in [6, 6.07) is 0. The van der Waals surface area contributed by atoms with Gasteiger partial charge in [-0.25, -0.2) is 0 Å². The Labute approximate surface area is 56.1 Å². The number of hydrogen-bond donors (Lipinski definition) is 0. The van der Waals surface area contributed by atoms with Gasteiger partial charge < -0.3 is 9.64 Å². The predicted octanol–water partition coefficient (Wildman–Crippen LogP) is 0.852. The van der Waals surface area contributed by atoms with Gasteiger partial charge in [-0.2, -0.15) is 0 Å². The summed E-state index contributed by atoms with van der Waals surface area (Å²) in [6.07, 6.45) is 2.13. The van der Waals surface area contributed by atoms with E-state index in [1.807, 2.05) is 0 Å². The molecule has 0 aromatic rings. The molecule has 0 saturated carbocycles. The lowest BCUT2D eigenvalue weighted by molar-refractivity contribution is 0.152. The molecule has 0 amide bonds. The topological polar surface area (TPSA) is 12.5 Å². The smallest absolute Gasteiger partial charge is 0.0691 e. The SMILES string of the molecule is CC1=CN(C)CCOC1. The average molecular weight is 127 g/mol. The van der Waals surface area contributed by atoms with Crippen LogP contribution in [0.15, 0.2) is 11.8 Å². The van der Waals surface area contributed by atoms with E-state index in [0.29, 0.717) is 0 Å². The molecule has 0 aromatic heterocycles. The Morgan fingerprint density at radius 1 is 1.67 bits per heavy atom. The fourth-order valence-corrected chi connectivity index (χ4v) is 0.920. The zero-order chi connectivity index (χ0) is 6.69. The van der Waals surface area contributed by atoms with Crippen LogP contribution in [0, 0.1) is 0 Å². The molecule has 0 saturated heterocycles. The fraction of sp³-hybridized carbons (Fsp3) is 0.714. The van der Waals surface area contributed by atoms with Crippen molar-refractivity contribution in [3.63, 3.8) is 0 Å². The third-order valence-electron chi connectivity index (χ3n) is 1.36. The Hall–Kier alpha value is -0.500. The number of hydrogen-bond acceptors (Lipinski definition) is 2. The molecular weight excluding hydrogens is 114 g/mol. The minimum atomic E-state index is 0.796. The summed E-state index contributed by atoms with van der Waals surface area (Å²) in [5, 5.41) is 0. The van der Waals surface area contributed by atoms with Gasteiger partial charge in [-0.05, 0) is 12.5 Å². The van der Waals surface area contributed by atoms with Crippen LogP contribution in [0.1, 0.15) is 6.92 Å². The molecule has 0 bridgehead atoms. The average Bonchev–Trinajstić information content (AvgIpc) is 1.93. The maximum absolute atomic E-state index is 5.27. The fourth-order valence-electron chi connectivity index (χ4n) is 0.920. The van der Waals surface area contributed by atoms with E-state index in [1.54, 1.807) is 0 Å². The molecular formula is C7H13NO. The van der Waals surface area contributed by atoms with Gasteiger partial charge in [0.05, 0.1) is 13.2 Å². The predicted molar refractivity (Wildman–Crippen MR) is 37.2 cm³/mol. The van der Waals surface area contributed by atoms with E-state index in [-0.39, 0.29) is 0 Å². The van der Waals surface area contributed by atoms with Crippen molar-refractivity contribution in [3.8, 4) is 0 Å². The van der Waals surface area contributed by atoms with Gasteiger partial charge in [-0.3, -0.25) is 0 Å². The van der Waals surface area contributed by atoms with Crippen LogP contribution in [0.2, 0.25) is 0 Å². The quantitative estimate of drug-likeness (QED) is 0.478. The van der Waals surface area contributed by atoms with Crippen LogP contribution in [0.4, 0.5) is 0 Å². The first-order chi connectivity index (χ1) is 4.29. The van der Waals surface area contributed by atoms with Crippen LogP contribution in [-0.2, 0) is 4.74 Å². The second-order valence-electron chi connectivity index (χ2n) is 2.51. The summed E-state index contributed by atoms with van der Waals surface area (Å²) in [7, 11) is 2.07. The van der Waals surface area contributed by atoms with Gasteiger partial charge >= 0.3 is 0 Å². The zero-order valence-electron chi connectivity index (χ0n) is 6.05. The monoisotopic (exact) mass is 127 g/mol. The zero-order valence-corrected chi connectivity index (χ0v) is 6.05. The summed E-state index contributed by atoms with van der Waals surface area (Å²) in [4.78, 5) is 2.16. The summed E-state index contributed by atoms with van der Waals surface area (Å²) in [6.45, 7) is 4.74. The number of rotatable bonds is 0. The van der Waals surface area contributed by atoms with Crippen LogP contribution in [-0.4, -0.2) is 31.7 Å². The molecule has 1 rings (SSSR count). The highest BCUT2D eigenvalue weighted by molar-refractivity contribution is 4.98. The third-order valence-corrected chi connectivity index (χ3v) is 1.36. The molecule has 0 unspecified atom stereocenters. The lowest BCUT2D eigenvalue weighted by atomic mass is 10.3. The van der Waals surface area contributed by atoms with Gasteiger partial charge in [0.25, 0.3) is 0 Å². The molecule has 1 heterocycles. The molecule has 0 aliphatic carbocycles. The van der Waals surface area contributed by atoms with Crippen LogP contribution >= 0.6 is 0 Å². The van der Waals surface area contributed by atoms with Gasteiger partial charge in [-0.15, -0.1) is 0 Å². The Kier molecular flexibility index (Phi) is 2.11. The molecule has 1 aliphatic heterocycles. The van der Waals surface area contributed by atoms with E-state index in [4.69, 9.17) is 4.74 Å². The van der Waals surface area contributed by atoms with E-state index in [0.717, 1.165) is 19.8 Å². The van der Waals surface area contributed by atoms with Crippen LogP contribution < -0.4 is 0 Å². The summed E-state index contributed by atoms with van der Waals surface area (Å²) in [5.74, 6) is 0. The maximum Gasteiger partial charge on any atom is 0.0691 e. The largest absolute Gasteiger partial charge is 0.378 e. The Morgan fingerprint density at radius 3 is 3.22 bits per heavy atom. The Balaban J connectivity index is 2.49. The first-order valence-corrected chi connectivity index (χ1v) is 3.24. The molecule has 0 fully saturated rings. The van der Waals surface area contributed by atoms with Crippen molar-refractivity contribution >= 4 is 0 Å². The molecule has 9 heavy (non-hydrogen) atoms. The van der Waals surface area contributed by atoms with Crippen molar-refractivity contribution in [2.24, 2.45) is 0 Å². The molecule has 1 aliphatic rings. The third kappa shape index (κ3) is 2.06. The van der Waals surface area contributed by atoms with Crippen molar-refractivity contribution in [1.29, 1.82) is 0 Å². The lowest BCUT2D eigenvalue weighted by Crippen LogP contribution is -2.14. The van der Waals surface area contributed by atoms with E-state index < -0.39 is 0 Å². The minimum Gasteiger partial charge on any atom is -0.378 e. The molecule has 0 spiro atoms.